The largest absolute Gasteiger partial charge is 0.466 e. The summed E-state index contributed by atoms with van der Waals surface area (Å²) in [5, 5.41) is 0. The summed E-state index contributed by atoms with van der Waals surface area (Å²) in [5.74, 6) is 0.336. The van der Waals surface area contributed by atoms with Crippen LogP contribution in [0.1, 0.15) is 12.7 Å². The van der Waals surface area contributed by atoms with Gasteiger partial charge < -0.3 is 14.3 Å². The van der Waals surface area contributed by atoms with Crippen molar-refractivity contribution in [2.45, 2.75) is 13.3 Å². The molecule has 3 rings (SSSR count). The van der Waals surface area contributed by atoms with Gasteiger partial charge in [-0.3, -0.25) is 4.79 Å². The van der Waals surface area contributed by atoms with Crippen molar-refractivity contribution in [2.24, 2.45) is 0 Å². The van der Waals surface area contributed by atoms with Gasteiger partial charge in [-0.15, -0.1) is 0 Å². The fourth-order valence-corrected chi connectivity index (χ4v) is 2.06. The molecule has 6 heteroatoms. The quantitative estimate of drug-likeness (QED) is 0.734. The third kappa shape index (κ3) is 2.40. The average Bonchev–Trinajstić information content (AvgIpc) is 3.06. The van der Waals surface area contributed by atoms with E-state index in [0.717, 1.165) is 16.7 Å². The summed E-state index contributed by atoms with van der Waals surface area (Å²) in [7, 11) is 0. The Labute approximate surface area is 115 Å². The monoisotopic (exact) mass is 270 g/mol. The smallest absolute Gasteiger partial charge is 0.313 e. The number of aromatic amines is 1. The van der Waals surface area contributed by atoms with Gasteiger partial charge in [0.1, 0.15) is 12.2 Å². The fraction of sp³-hybridized carbons (Fsp3) is 0.214. The lowest BCUT2D eigenvalue weighted by Gasteiger charge is -2.00. The van der Waals surface area contributed by atoms with Gasteiger partial charge in [0.25, 0.3) is 0 Å². The van der Waals surface area contributed by atoms with E-state index < -0.39 is 0 Å². The van der Waals surface area contributed by atoms with E-state index in [-0.39, 0.29) is 12.4 Å². The van der Waals surface area contributed by atoms with Crippen LogP contribution >= 0.6 is 0 Å². The van der Waals surface area contributed by atoms with Crippen molar-refractivity contribution in [1.29, 1.82) is 0 Å². The highest BCUT2D eigenvalue weighted by molar-refractivity contribution is 5.79. The molecule has 0 spiro atoms. The molecule has 0 saturated heterocycles. The molecule has 102 valence electrons. The lowest BCUT2D eigenvalue weighted by atomic mass is 10.3. The second kappa shape index (κ2) is 5.16. The molecule has 6 nitrogen and oxygen atoms in total. The van der Waals surface area contributed by atoms with Crippen LogP contribution < -0.4 is 0 Å². The SMILES string of the molecule is CCOC(=O)Cc1nc2ccc(-n3ccnc3)cc2[nH]1. The highest BCUT2D eigenvalue weighted by Gasteiger charge is 2.09. The molecule has 1 aromatic carbocycles. The van der Waals surface area contributed by atoms with Gasteiger partial charge in [0.2, 0.25) is 0 Å². The number of aromatic nitrogens is 4. The number of hydrogen-bond acceptors (Lipinski definition) is 4. The Morgan fingerprint density at radius 1 is 1.45 bits per heavy atom. The van der Waals surface area contributed by atoms with Gasteiger partial charge in [-0.2, -0.15) is 0 Å². The van der Waals surface area contributed by atoms with E-state index >= 15 is 0 Å². The number of nitrogens with zero attached hydrogens (tertiary/aromatic N) is 3. The number of nitrogens with one attached hydrogen (secondary N) is 1. The Bertz CT molecular complexity index is 731. The minimum Gasteiger partial charge on any atom is -0.466 e. The van der Waals surface area contributed by atoms with Crippen LogP contribution in [0.25, 0.3) is 16.7 Å². The van der Waals surface area contributed by atoms with E-state index in [1.165, 1.54) is 0 Å². The maximum absolute atomic E-state index is 11.4. The van der Waals surface area contributed by atoms with Gasteiger partial charge in [-0.25, -0.2) is 9.97 Å². The molecule has 0 fully saturated rings. The van der Waals surface area contributed by atoms with E-state index in [1.807, 2.05) is 29.0 Å². The minimum absolute atomic E-state index is 0.156. The molecule has 20 heavy (non-hydrogen) atoms. The molecule has 2 heterocycles. The van der Waals surface area contributed by atoms with Gasteiger partial charge in [0.05, 0.1) is 24.0 Å². The standard InChI is InChI=1S/C14H14N4O2/c1-2-20-14(19)8-13-16-11-4-3-10(7-12(11)17-13)18-6-5-15-9-18/h3-7,9H,2,8H2,1H3,(H,16,17). The normalized spacial score (nSPS) is 10.8. The summed E-state index contributed by atoms with van der Waals surface area (Å²) in [4.78, 5) is 23.0. The van der Waals surface area contributed by atoms with Crippen LogP contribution in [0.2, 0.25) is 0 Å². The maximum atomic E-state index is 11.4. The van der Waals surface area contributed by atoms with Gasteiger partial charge >= 0.3 is 5.97 Å². The number of carbonyl (C=O) groups excluding carboxylic acids is 1. The zero-order chi connectivity index (χ0) is 13.9. The molecule has 0 bridgehead atoms. The number of imidazole rings is 2. The summed E-state index contributed by atoms with van der Waals surface area (Å²) >= 11 is 0. The molecular formula is C14H14N4O2. The first-order valence-electron chi connectivity index (χ1n) is 6.39. The number of benzene rings is 1. The lowest BCUT2D eigenvalue weighted by molar-refractivity contribution is -0.142. The molecule has 0 aliphatic rings. The molecule has 0 saturated carbocycles. The van der Waals surface area contributed by atoms with Crippen molar-refractivity contribution in [3.63, 3.8) is 0 Å². The van der Waals surface area contributed by atoms with Crippen molar-refractivity contribution in [3.8, 4) is 5.69 Å². The Morgan fingerprint density at radius 3 is 3.10 bits per heavy atom. The van der Waals surface area contributed by atoms with Crippen LogP contribution in [0.3, 0.4) is 0 Å². The Morgan fingerprint density at radius 2 is 2.35 bits per heavy atom. The molecule has 0 radical (unpaired) electrons. The summed E-state index contributed by atoms with van der Waals surface area (Å²) < 4.78 is 6.82. The van der Waals surface area contributed by atoms with Gasteiger partial charge in [0, 0.05) is 18.1 Å². The predicted molar refractivity (Wildman–Crippen MR) is 73.6 cm³/mol. The average molecular weight is 270 g/mol. The first-order chi connectivity index (χ1) is 9.76. The molecular weight excluding hydrogens is 256 g/mol. The number of carbonyl (C=O) groups is 1. The molecule has 3 aromatic rings. The van der Waals surface area contributed by atoms with Crippen LogP contribution in [-0.4, -0.2) is 32.1 Å². The summed E-state index contributed by atoms with van der Waals surface area (Å²) in [5.41, 5.74) is 2.70. The Balaban J connectivity index is 1.89. The van der Waals surface area contributed by atoms with E-state index in [9.17, 15) is 4.79 Å². The number of fused-ring (bicyclic) bond motifs is 1. The highest BCUT2D eigenvalue weighted by Crippen LogP contribution is 2.17. The van der Waals surface area contributed by atoms with E-state index in [0.29, 0.717) is 12.4 Å². The Hall–Kier alpha value is -2.63. The molecule has 1 N–H and O–H groups in total. The van der Waals surface area contributed by atoms with Crippen molar-refractivity contribution >= 4 is 17.0 Å². The van der Waals surface area contributed by atoms with Crippen LogP contribution in [-0.2, 0) is 16.0 Å². The zero-order valence-electron chi connectivity index (χ0n) is 11.0. The molecule has 0 amide bonds. The molecule has 2 aromatic heterocycles. The first kappa shape index (κ1) is 12.4. The van der Waals surface area contributed by atoms with Crippen LogP contribution in [0.15, 0.2) is 36.9 Å². The number of esters is 1. The Kier molecular flexibility index (Phi) is 3.20. The van der Waals surface area contributed by atoms with E-state index in [2.05, 4.69) is 15.0 Å². The topological polar surface area (TPSA) is 72.8 Å². The fourth-order valence-electron chi connectivity index (χ4n) is 2.06. The van der Waals surface area contributed by atoms with Crippen LogP contribution in [0, 0.1) is 0 Å². The number of H-pyrrole nitrogens is 1. The van der Waals surface area contributed by atoms with E-state index in [4.69, 9.17) is 4.74 Å². The van der Waals surface area contributed by atoms with Crippen LogP contribution in [0.4, 0.5) is 0 Å². The third-order valence-electron chi connectivity index (χ3n) is 2.93. The summed E-state index contributed by atoms with van der Waals surface area (Å²) in [6.07, 6.45) is 5.49. The molecule has 0 aliphatic heterocycles. The maximum Gasteiger partial charge on any atom is 0.313 e. The van der Waals surface area contributed by atoms with Crippen molar-refractivity contribution in [3.05, 3.63) is 42.7 Å². The number of hydrogen-bond donors (Lipinski definition) is 1. The second-order valence-corrected chi connectivity index (χ2v) is 4.34. The second-order valence-electron chi connectivity index (χ2n) is 4.34. The van der Waals surface area contributed by atoms with Gasteiger partial charge in [-0.1, -0.05) is 0 Å². The molecule has 0 atom stereocenters. The minimum atomic E-state index is -0.276. The third-order valence-corrected chi connectivity index (χ3v) is 2.93. The lowest BCUT2D eigenvalue weighted by Crippen LogP contribution is -2.08. The summed E-state index contributed by atoms with van der Waals surface area (Å²) in [6.45, 7) is 2.16. The molecule has 0 aliphatic carbocycles. The number of rotatable bonds is 4. The number of ether oxygens (including phenoxy) is 1. The van der Waals surface area contributed by atoms with Crippen molar-refractivity contribution in [2.75, 3.05) is 6.61 Å². The van der Waals surface area contributed by atoms with Gasteiger partial charge in [0.15, 0.2) is 0 Å². The highest BCUT2D eigenvalue weighted by atomic mass is 16.5. The molecule has 0 unspecified atom stereocenters. The zero-order valence-corrected chi connectivity index (χ0v) is 11.0. The van der Waals surface area contributed by atoms with Crippen molar-refractivity contribution < 1.29 is 9.53 Å². The van der Waals surface area contributed by atoms with Crippen LogP contribution in [0.5, 0.6) is 0 Å². The first-order valence-corrected chi connectivity index (χ1v) is 6.39. The summed E-state index contributed by atoms with van der Waals surface area (Å²) in [6, 6.07) is 5.84. The van der Waals surface area contributed by atoms with E-state index in [1.54, 1.807) is 19.4 Å². The predicted octanol–water partition coefficient (Wildman–Crippen LogP) is 1.85. The van der Waals surface area contributed by atoms with Gasteiger partial charge in [-0.05, 0) is 25.1 Å². The van der Waals surface area contributed by atoms with Crippen molar-refractivity contribution in [1.82, 2.24) is 19.5 Å².